The molecule has 4 N–H and O–H groups in total. The van der Waals surface area contributed by atoms with E-state index in [1.165, 1.54) is 13.1 Å². The van der Waals surface area contributed by atoms with Gasteiger partial charge < -0.3 is 10.2 Å². The summed E-state index contributed by atoms with van der Waals surface area (Å²) in [6.07, 6.45) is 1.33. The summed E-state index contributed by atoms with van der Waals surface area (Å²) in [5.41, 5.74) is -1.39. The maximum Gasteiger partial charge on any atom is 0.136 e. The molecule has 74 valence electrons. The van der Waals surface area contributed by atoms with Crippen LogP contribution in [0.5, 0.6) is 0 Å². The van der Waals surface area contributed by atoms with Gasteiger partial charge in [0.1, 0.15) is 25.8 Å². The summed E-state index contributed by atoms with van der Waals surface area (Å²) in [5, 5.41) is 23.8. The zero-order valence-electron chi connectivity index (χ0n) is 6.93. The molecule has 0 saturated heterocycles. The maximum absolute atomic E-state index is 10.8. The van der Waals surface area contributed by atoms with Crippen molar-refractivity contribution >= 4 is 22.3 Å². The predicted molar refractivity (Wildman–Crippen MR) is 49.4 cm³/mol. The van der Waals surface area contributed by atoms with E-state index in [-0.39, 0.29) is 0 Å². The van der Waals surface area contributed by atoms with Gasteiger partial charge in [0.05, 0.1) is 12.8 Å². The molecule has 2 atom stereocenters. The minimum atomic E-state index is -1.58. The fourth-order valence-corrected chi connectivity index (χ4v) is 2.08. The average molecular weight is 222 g/mol. The molecular formula is C6H10N2O3S2. The summed E-state index contributed by atoms with van der Waals surface area (Å²) in [4.78, 5) is 3.82. The summed E-state index contributed by atoms with van der Waals surface area (Å²) < 4.78 is 11.2. The van der Waals surface area contributed by atoms with Crippen molar-refractivity contribution in [3.8, 4) is 0 Å². The van der Waals surface area contributed by atoms with Gasteiger partial charge >= 0.3 is 0 Å². The smallest absolute Gasteiger partial charge is 0.136 e. The van der Waals surface area contributed by atoms with E-state index in [1.54, 1.807) is 0 Å². The monoisotopic (exact) mass is 222 g/mol. The zero-order chi connectivity index (χ0) is 10.1. The SMILES string of the molecule is CC(O)(CO)c1ncc(S(N)=O)s1. The molecule has 0 aliphatic heterocycles. The van der Waals surface area contributed by atoms with E-state index in [1.807, 2.05) is 0 Å². The lowest BCUT2D eigenvalue weighted by Gasteiger charge is -2.16. The van der Waals surface area contributed by atoms with Crippen LogP contribution in [-0.4, -0.2) is 26.0 Å². The molecule has 0 aromatic carbocycles. The maximum atomic E-state index is 10.8. The summed E-state index contributed by atoms with van der Waals surface area (Å²) in [6.45, 7) is 0.992. The fourth-order valence-electron chi connectivity index (χ4n) is 0.669. The second-order valence-electron chi connectivity index (χ2n) is 2.71. The first-order chi connectivity index (χ1) is 5.97. The van der Waals surface area contributed by atoms with Crippen LogP contribution in [0.2, 0.25) is 0 Å². The van der Waals surface area contributed by atoms with Crippen LogP contribution in [0.15, 0.2) is 10.4 Å². The van der Waals surface area contributed by atoms with Gasteiger partial charge in [-0.05, 0) is 6.92 Å². The lowest BCUT2D eigenvalue weighted by Crippen LogP contribution is -2.25. The lowest BCUT2D eigenvalue weighted by atomic mass is 10.1. The average Bonchev–Trinajstić information content (AvgIpc) is 2.52. The van der Waals surface area contributed by atoms with Gasteiger partial charge in [-0.3, -0.25) is 0 Å². The number of aliphatic hydroxyl groups excluding tert-OH is 1. The quantitative estimate of drug-likeness (QED) is 0.631. The fraction of sp³-hybridized carbons (Fsp3) is 0.500. The molecule has 0 aliphatic rings. The van der Waals surface area contributed by atoms with Gasteiger partial charge in [0, 0.05) is 0 Å². The molecule has 1 rings (SSSR count). The first-order valence-corrected chi connectivity index (χ1v) is 5.46. The third-order valence-corrected chi connectivity index (χ3v) is 3.74. The highest BCUT2D eigenvalue weighted by Gasteiger charge is 2.26. The molecule has 0 spiro atoms. The van der Waals surface area contributed by atoms with E-state index in [0.29, 0.717) is 9.22 Å². The highest BCUT2D eigenvalue weighted by molar-refractivity contribution is 7.85. The Balaban J connectivity index is 2.98. The van der Waals surface area contributed by atoms with Crippen molar-refractivity contribution in [3.63, 3.8) is 0 Å². The van der Waals surface area contributed by atoms with E-state index in [0.717, 1.165) is 11.3 Å². The first-order valence-electron chi connectivity index (χ1n) is 3.43. The molecule has 0 bridgehead atoms. The van der Waals surface area contributed by atoms with E-state index < -0.39 is 23.2 Å². The molecule has 0 amide bonds. The Hall–Kier alpha value is -0.340. The predicted octanol–water partition coefficient (Wildman–Crippen LogP) is -0.676. The van der Waals surface area contributed by atoms with E-state index in [4.69, 9.17) is 10.2 Å². The number of nitrogens with two attached hydrogens (primary N) is 1. The third-order valence-electron chi connectivity index (χ3n) is 1.45. The Kier molecular flexibility index (Phi) is 3.14. The van der Waals surface area contributed by atoms with Gasteiger partial charge in [-0.15, -0.1) is 11.3 Å². The summed E-state index contributed by atoms with van der Waals surface area (Å²) in [6, 6.07) is 0. The van der Waals surface area contributed by atoms with Crippen LogP contribution in [0, 0.1) is 0 Å². The molecule has 5 nitrogen and oxygen atoms in total. The van der Waals surface area contributed by atoms with Gasteiger partial charge in [0.2, 0.25) is 0 Å². The van der Waals surface area contributed by atoms with Crippen LogP contribution in [0.4, 0.5) is 0 Å². The number of hydrogen-bond donors (Lipinski definition) is 3. The van der Waals surface area contributed by atoms with Crippen molar-refractivity contribution in [2.75, 3.05) is 6.61 Å². The summed E-state index contributed by atoms with van der Waals surface area (Å²) in [5.74, 6) is 0. The van der Waals surface area contributed by atoms with Crippen molar-refractivity contribution in [1.82, 2.24) is 4.98 Å². The third kappa shape index (κ3) is 2.32. The van der Waals surface area contributed by atoms with Crippen LogP contribution in [0.25, 0.3) is 0 Å². The van der Waals surface area contributed by atoms with Gasteiger partial charge in [-0.25, -0.2) is 14.3 Å². The Labute approximate surface area is 81.8 Å². The molecule has 2 unspecified atom stereocenters. The van der Waals surface area contributed by atoms with Gasteiger partial charge in [0.25, 0.3) is 0 Å². The van der Waals surface area contributed by atoms with Crippen LogP contribution < -0.4 is 5.14 Å². The molecule has 1 heterocycles. The number of thiazole rings is 1. The van der Waals surface area contributed by atoms with E-state index in [2.05, 4.69) is 4.98 Å². The van der Waals surface area contributed by atoms with Crippen LogP contribution in [0.3, 0.4) is 0 Å². The molecule has 0 saturated carbocycles. The normalized spacial score (nSPS) is 18.2. The standard InChI is InChI=1S/C6H10N2O3S2/c1-6(10,3-9)5-8-2-4(12-5)13(7)11/h2,9-10H,3,7H2,1H3. The number of aromatic nitrogens is 1. The van der Waals surface area contributed by atoms with Crippen molar-refractivity contribution < 1.29 is 14.4 Å². The molecule has 0 radical (unpaired) electrons. The number of rotatable bonds is 3. The summed E-state index contributed by atoms with van der Waals surface area (Å²) in [7, 11) is -1.58. The highest BCUT2D eigenvalue weighted by Crippen LogP contribution is 2.25. The van der Waals surface area contributed by atoms with Gasteiger partial charge in [0.15, 0.2) is 0 Å². The number of nitrogens with zero attached hydrogens (tertiary/aromatic N) is 1. The number of aliphatic hydroxyl groups is 2. The van der Waals surface area contributed by atoms with Crippen LogP contribution in [-0.2, 0) is 16.6 Å². The van der Waals surface area contributed by atoms with Crippen LogP contribution >= 0.6 is 11.3 Å². The minimum absolute atomic E-state index is 0.309. The van der Waals surface area contributed by atoms with E-state index >= 15 is 0 Å². The highest BCUT2D eigenvalue weighted by atomic mass is 32.2. The van der Waals surface area contributed by atoms with Gasteiger partial charge in [-0.1, -0.05) is 0 Å². The summed E-state index contributed by atoms with van der Waals surface area (Å²) >= 11 is 1.03. The minimum Gasteiger partial charge on any atom is -0.393 e. The Bertz CT molecular complexity index is 323. The van der Waals surface area contributed by atoms with Crippen molar-refractivity contribution in [1.29, 1.82) is 0 Å². The Morgan fingerprint density at radius 1 is 1.85 bits per heavy atom. The molecule has 7 heteroatoms. The topological polar surface area (TPSA) is 96.4 Å². The second kappa shape index (κ2) is 3.81. The molecule has 1 aromatic rings. The van der Waals surface area contributed by atoms with E-state index in [9.17, 15) is 9.32 Å². The lowest BCUT2D eigenvalue weighted by molar-refractivity contribution is -0.00244. The van der Waals surface area contributed by atoms with Crippen LogP contribution in [0.1, 0.15) is 11.9 Å². The van der Waals surface area contributed by atoms with Crippen molar-refractivity contribution in [2.45, 2.75) is 16.7 Å². The Morgan fingerprint density at radius 2 is 2.46 bits per heavy atom. The first kappa shape index (κ1) is 10.7. The molecule has 1 aromatic heterocycles. The largest absolute Gasteiger partial charge is 0.393 e. The molecule has 0 fully saturated rings. The van der Waals surface area contributed by atoms with Crippen molar-refractivity contribution in [2.24, 2.45) is 5.14 Å². The second-order valence-corrected chi connectivity index (χ2v) is 5.04. The van der Waals surface area contributed by atoms with Gasteiger partial charge in [-0.2, -0.15) is 0 Å². The molecular weight excluding hydrogens is 212 g/mol. The molecule has 13 heavy (non-hydrogen) atoms. The Morgan fingerprint density at radius 3 is 2.85 bits per heavy atom. The van der Waals surface area contributed by atoms with Crippen molar-refractivity contribution in [3.05, 3.63) is 11.2 Å². The zero-order valence-corrected chi connectivity index (χ0v) is 8.56. The number of hydrogen-bond acceptors (Lipinski definition) is 5. The molecule has 0 aliphatic carbocycles.